The molecule has 0 aliphatic rings. The molecular formula is C7H14N2. The number of amidine groups is 1. The highest BCUT2D eigenvalue weighted by atomic mass is 14.8. The summed E-state index contributed by atoms with van der Waals surface area (Å²) in [5.41, 5.74) is 7.56. The molecule has 9 heavy (non-hydrogen) atoms. The lowest BCUT2D eigenvalue weighted by Gasteiger charge is -1.95. The number of aliphatic imine (C=N–C) groups is 1. The number of rotatable bonds is 1. The molecule has 0 aliphatic carbocycles. The third kappa shape index (κ3) is 3.76. The van der Waals surface area contributed by atoms with Crippen molar-refractivity contribution in [3.63, 3.8) is 0 Å². The molecule has 2 N–H and O–H groups in total. The smallest absolute Gasteiger partial charge is 0.0960 e. The van der Waals surface area contributed by atoms with Crippen LogP contribution in [0.15, 0.2) is 16.3 Å². The molecule has 52 valence electrons. The van der Waals surface area contributed by atoms with Crippen LogP contribution in [0.4, 0.5) is 0 Å². The summed E-state index contributed by atoms with van der Waals surface area (Å²) in [5, 5.41) is 0. The van der Waals surface area contributed by atoms with Gasteiger partial charge in [0.25, 0.3) is 0 Å². The first-order valence-corrected chi connectivity index (χ1v) is 2.99. The van der Waals surface area contributed by atoms with E-state index in [9.17, 15) is 0 Å². The van der Waals surface area contributed by atoms with Crippen LogP contribution < -0.4 is 5.73 Å². The first kappa shape index (κ1) is 8.21. The number of hydrogen-bond acceptors (Lipinski definition) is 1. The summed E-state index contributed by atoms with van der Waals surface area (Å²) in [7, 11) is 0. The van der Waals surface area contributed by atoms with Gasteiger partial charge in [-0.1, -0.05) is 5.57 Å². The fourth-order valence-electron chi connectivity index (χ4n) is 0.376. The Morgan fingerprint density at radius 3 is 1.67 bits per heavy atom. The van der Waals surface area contributed by atoms with E-state index in [1.807, 2.05) is 20.8 Å². The van der Waals surface area contributed by atoms with Crippen molar-refractivity contribution in [1.29, 1.82) is 0 Å². The zero-order valence-corrected chi connectivity index (χ0v) is 6.52. The van der Waals surface area contributed by atoms with Gasteiger partial charge in [-0.3, -0.25) is 0 Å². The van der Waals surface area contributed by atoms with Crippen LogP contribution >= 0.6 is 0 Å². The quantitative estimate of drug-likeness (QED) is 0.421. The van der Waals surface area contributed by atoms with E-state index in [0.29, 0.717) is 5.84 Å². The van der Waals surface area contributed by atoms with Crippen LogP contribution in [-0.4, -0.2) is 5.84 Å². The second-order valence-corrected chi connectivity index (χ2v) is 2.34. The fraction of sp³-hybridized carbons (Fsp3) is 0.571. The van der Waals surface area contributed by atoms with Gasteiger partial charge in [0, 0.05) is 5.70 Å². The van der Waals surface area contributed by atoms with Crippen LogP contribution in [0.3, 0.4) is 0 Å². The largest absolute Gasteiger partial charge is 0.387 e. The Morgan fingerprint density at radius 1 is 1.11 bits per heavy atom. The van der Waals surface area contributed by atoms with Crippen LogP contribution in [0.5, 0.6) is 0 Å². The van der Waals surface area contributed by atoms with Crippen LogP contribution in [0.2, 0.25) is 0 Å². The van der Waals surface area contributed by atoms with Crippen molar-refractivity contribution >= 4 is 5.84 Å². The SMILES string of the molecule is CC(N)=NC(C)=C(C)C. The van der Waals surface area contributed by atoms with E-state index in [1.54, 1.807) is 6.92 Å². The van der Waals surface area contributed by atoms with Gasteiger partial charge in [-0.15, -0.1) is 0 Å². The topological polar surface area (TPSA) is 38.4 Å². The summed E-state index contributed by atoms with van der Waals surface area (Å²) in [4.78, 5) is 4.05. The van der Waals surface area contributed by atoms with Crippen molar-refractivity contribution in [1.82, 2.24) is 0 Å². The average molecular weight is 126 g/mol. The minimum Gasteiger partial charge on any atom is -0.387 e. The lowest BCUT2D eigenvalue weighted by Crippen LogP contribution is -2.04. The molecule has 2 heteroatoms. The first-order chi connectivity index (χ1) is 4.04. The van der Waals surface area contributed by atoms with Gasteiger partial charge in [0.2, 0.25) is 0 Å². The number of nitrogens with zero attached hydrogens (tertiary/aromatic N) is 1. The molecule has 0 aromatic carbocycles. The first-order valence-electron chi connectivity index (χ1n) is 2.99. The van der Waals surface area contributed by atoms with Crippen LogP contribution in [0.1, 0.15) is 27.7 Å². The van der Waals surface area contributed by atoms with E-state index in [2.05, 4.69) is 4.99 Å². The molecule has 0 saturated heterocycles. The molecule has 0 radical (unpaired) electrons. The number of hydrogen-bond donors (Lipinski definition) is 1. The maximum atomic E-state index is 5.35. The second-order valence-electron chi connectivity index (χ2n) is 2.34. The Morgan fingerprint density at radius 2 is 1.56 bits per heavy atom. The molecule has 0 rings (SSSR count). The fourth-order valence-corrected chi connectivity index (χ4v) is 0.376. The highest BCUT2D eigenvalue weighted by molar-refractivity contribution is 5.78. The van der Waals surface area contributed by atoms with E-state index in [-0.39, 0.29) is 0 Å². The van der Waals surface area contributed by atoms with E-state index >= 15 is 0 Å². The van der Waals surface area contributed by atoms with Crippen molar-refractivity contribution in [2.45, 2.75) is 27.7 Å². The van der Waals surface area contributed by atoms with Gasteiger partial charge in [-0.05, 0) is 27.7 Å². The Bertz CT molecular complexity index is 146. The van der Waals surface area contributed by atoms with Gasteiger partial charge in [0.05, 0.1) is 5.84 Å². The monoisotopic (exact) mass is 126 g/mol. The summed E-state index contributed by atoms with van der Waals surface area (Å²) in [6.07, 6.45) is 0. The zero-order valence-electron chi connectivity index (χ0n) is 6.52. The molecule has 0 aliphatic heterocycles. The molecule has 2 nitrogen and oxygen atoms in total. The molecule has 0 aromatic heterocycles. The Labute approximate surface area is 56.5 Å². The van der Waals surface area contributed by atoms with Crippen molar-refractivity contribution < 1.29 is 0 Å². The van der Waals surface area contributed by atoms with Crippen molar-refractivity contribution in [3.05, 3.63) is 11.3 Å². The van der Waals surface area contributed by atoms with Crippen molar-refractivity contribution in [2.75, 3.05) is 0 Å². The molecule has 0 saturated carbocycles. The van der Waals surface area contributed by atoms with Gasteiger partial charge >= 0.3 is 0 Å². The normalized spacial score (nSPS) is 11.3. The summed E-state index contributed by atoms with van der Waals surface area (Å²) in [6, 6.07) is 0. The Kier molecular flexibility index (Phi) is 2.99. The van der Waals surface area contributed by atoms with Gasteiger partial charge in [-0.2, -0.15) is 0 Å². The van der Waals surface area contributed by atoms with Crippen molar-refractivity contribution in [3.8, 4) is 0 Å². The minimum atomic E-state index is 0.619. The molecule has 0 amide bonds. The molecule has 0 atom stereocenters. The molecular weight excluding hydrogens is 112 g/mol. The summed E-state index contributed by atoms with van der Waals surface area (Å²) in [5.74, 6) is 0.619. The highest BCUT2D eigenvalue weighted by Gasteiger charge is 1.86. The molecule has 0 unspecified atom stereocenters. The predicted molar refractivity (Wildman–Crippen MR) is 41.3 cm³/mol. The standard InChI is InChI=1S/C7H14N2/c1-5(2)6(3)9-7(4)8/h1-4H3,(H2,8,9). The third-order valence-electron chi connectivity index (χ3n) is 1.07. The van der Waals surface area contributed by atoms with Crippen LogP contribution in [0, 0.1) is 0 Å². The Hall–Kier alpha value is -0.790. The lowest BCUT2D eigenvalue weighted by atomic mass is 10.3. The lowest BCUT2D eigenvalue weighted by molar-refractivity contribution is 1.18. The van der Waals surface area contributed by atoms with Gasteiger partial charge in [-0.25, -0.2) is 4.99 Å². The predicted octanol–water partition coefficient (Wildman–Crippen LogP) is 1.68. The minimum absolute atomic E-state index is 0.619. The van der Waals surface area contributed by atoms with Gasteiger partial charge in [0.15, 0.2) is 0 Å². The summed E-state index contributed by atoms with van der Waals surface area (Å²) >= 11 is 0. The molecule has 0 heterocycles. The number of allylic oxidation sites excluding steroid dienone is 2. The van der Waals surface area contributed by atoms with E-state index < -0.39 is 0 Å². The van der Waals surface area contributed by atoms with Crippen LogP contribution in [0.25, 0.3) is 0 Å². The van der Waals surface area contributed by atoms with E-state index in [4.69, 9.17) is 5.73 Å². The zero-order chi connectivity index (χ0) is 7.44. The molecule has 0 spiro atoms. The molecule has 0 bridgehead atoms. The maximum Gasteiger partial charge on any atom is 0.0960 e. The maximum absolute atomic E-state index is 5.35. The van der Waals surface area contributed by atoms with Crippen LogP contribution in [-0.2, 0) is 0 Å². The van der Waals surface area contributed by atoms with E-state index in [0.717, 1.165) is 5.70 Å². The molecule has 0 aromatic rings. The third-order valence-corrected chi connectivity index (χ3v) is 1.07. The van der Waals surface area contributed by atoms with Crippen molar-refractivity contribution in [2.24, 2.45) is 10.7 Å². The van der Waals surface area contributed by atoms with Gasteiger partial charge < -0.3 is 5.73 Å². The summed E-state index contributed by atoms with van der Waals surface area (Å²) < 4.78 is 0. The van der Waals surface area contributed by atoms with E-state index in [1.165, 1.54) is 5.57 Å². The molecule has 0 fully saturated rings. The second kappa shape index (κ2) is 3.28. The number of nitrogens with two attached hydrogens (primary N) is 1. The Balaban J connectivity index is 4.25. The van der Waals surface area contributed by atoms with Gasteiger partial charge in [0.1, 0.15) is 0 Å². The average Bonchev–Trinajstić information content (AvgIpc) is 1.63. The highest BCUT2D eigenvalue weighted by Crippen LogP contribution is 2.01. The summed E-state index contributed by atoms with van der Waals surface area (Å²) in [6.45, 7) is 7.77.